The highest BCUT2D eigenvalue weighted by Gasteiger charge is 2.35. The van der Waals surface area contributed by atoms with E-state index < -0.39 is 0 Å². The average molecular weight is 243 g/mol. The zero-order chi connectivity index (χ0) is 13.7. The third kappa shape index (κ3) is 4.97. The molecule has 0 rings (SSSR count). The summed E-state index contributed by atoms with van der Waals surface area (Å²) in [5.74, 6) is 0. The van der Waals surface area contributed by atoms with E-state index in [0.29, 0.717) is 5.41 Å². The summed E-state index contributed by atoms with van der Waals surface area (Å²) in [6.45, 7) is 17.5. The van der Waals surface area contributed by atoms with Gasteiger partial charge in [0.15, 0.2) is 0 Å². The number of hydrogen-bond acceptors (Lipinski definition) is 2. The second-order valence-corrected chi connectivity index (χ2v) is 6.50. The van der Waals surface area contributed by atoms with E-state index in [4.69, 9.17) is 0 Å². The average Bonchev–Trinajstić information content (AvgIpc) is 2.25. The molecule has 1 N–H and O–H groups in total. The first-order chi connectivity index (χ1) is 7.71. The van der Waals surface area contributed by atoms with Gasteiger partial charge in [0.05, 0.1) is 6.10 Å². The van der Waals surface area contributed by atoms with Gasteiger partial charge in [-0.15, -0.1) is 0 Å². The molecular weight excluding hydrogens is 210 g/mol. The van der Waals surface area contributed by atoms with Crippen molar-refractivity contribution in [2.75, 3.05) is 13.1 Å². The number of likely N-dealkylation sites (N-methyl/N-ethyl adjacent to an activating group) is 1. The molecular formula is C15H33NO. The van der Waals surface area contributed by atoms with Gasteiger partial charge in [-0.05, 0) is 44.7 Å². The summed E-state index contributed by atoms with van der Waals surface area (Å²) in [5.41, 5.74) is 0.230. The van der Waals surface area contributed by atoms with Crippen LogP contribution in [0, 0.1) is 5.41 Å². The van der Waals surface area contributed by atoms with Gasteiger partial charge >= 0.3 is 0 Å². The molecule has 0 spiro atoms. The van der Waals surface area contributed by atoms with E-state index in [9.17, 15) is 5.11 Å². The molecule has 0 saturated heterocycles. The van der Waals surface area contributed by atoms with Crippen LogP contribution >= 0.6 is 0 Å². The molecule has 0 amide bonds. The third-order valence-electron chi connectivity index (χ3n) is 4.09. The second kappa shape index (κ2) is 6.75. The van der Waals surface area contributed by atoms with Crippen molar-refractivity contribution in [2.45, 2.75) is 79.4 Å². The first kappa shape index (κ1) is 16.9. The van der Waals surface area contributed by atoms with Crippen molar-refractivity contribution in [1.29, 1.82) is 0 Å². The van der Waals surface area contributed by atoms with E-state index in [1.807, 2.05) is 0 Å². The van der Waals surface area contributed by atoms with E-state index in [1.54, 1.807) is 0 Å². The lowest BCUT2D eigenvalue weighted by atomic mass is 9.82. The molecule has 0 bridgehead atoms. The smallest absolute Gasteiger partial charge is 0.0721 e. The number of hydrogen-bond donors (Lipinski definition) is 1. The van der Waals surface area contributed by atoms with Gasteiger partial charge in [-0.1, -0.05) is 41.5 Å². The molecule has 0 aliphatic heterocycles. The summed E-state index contributed by atoms with van der Waals surface area (Å²) in [5, 5.41) is 10.5. The molecule has 0 fully saturated rings. The minimum absolute atomic E-state index is 0.0747. The fourth-order valence-electron chi connectivity index (χ4n) is 2.50. The quantitative estimate of drug-likeness (QED) is 0.737. The molecule has 2 nitrogen and oxygen atoms in total. The topological polar surface area (TPSA) is 23.5 Å². The zero-order valence-electron chi connectivity index (χ0n) is 13.0. The summed E-state index contributed by atoms with van der Waals surface area (Å²) in [6, 6.07) is 0. The molecule has 2 atom stereocenters. The Kier molecular flexibility index (Phi) is 6.71. The SMILES string of the molecule is CCN(CC)C(C)(CC)C(O)CCC(C)(C)C. The molecule has 0 saturated carbocycles. The van der Waals surface area contributed by atoms with Crippen molar-refractivity contribution in [1.82, 2.24) is 4.90 Å². The molecule has 0 aromatic carbocycles. The van der Waals surface area contributed by atoms with E-state index in [0.717, 1.165) is 32.4 Å². The van der Waals surface area contributed by atoms with Gasteiger partial charge in [0.25, 0.3) is 0 Å². The monoisotopic (exact) mass is 243 g/mol. The molecule has 104 valence electrons. The van der Waals surface area contributed by atoms with Crippen LogP contribution in [0.5, 0.6) is 0 Å². The molecule has 0 aliphatic rings. The van der Waals surface area contributed by atoms with Crippen molar-refractivity contribution < 1.29 is 5.11 Å². The van der Waals surface area contributed by atoms with Gasteiger partial charge in [-0.3, -0.25) is 4.90 Å². The standard InChI is InChI=1S/C15H33NO/c1-8-15(7,16(9-2)10-3)13(17)11-12-14(4,5)6/h13,17H,8-12H2,1-7H3. The Balaban J connectivity index is 4.62. The summed E-state index contributed by atoms with van der Waals surface area (Å²) >= 11 is 0. The molecule has 2 unspecified atom stereocenters. The lowest BCUT2D eigenvalue weighted by molar-refractivity contribution is -0.0282. The highest BCUT2D eigenvalue weighted by Crippen LogP contribution is 2.30. The molecule has 0 aliphatic carbocycles. The minimum atomic E-state index is -0.230. The minimum Gasteiger partial charge on any atom is -0.391 e. The predicted octanol–water partition coefficient (Wildman–Crippen LogP) is 3.68. The third-order valence-corrected chi connectivity index (χ3v) is 4.09. The van der Waals surface area contributed by atoms with Crippen molar-refractivity contribution in [2.24, 2.45) is 5.41 Å². The normalized spacial score (nSPS) is 18.2. The van der Waals surface area contributed by atoms with Gasteiger partial charge in [-0.25, -0.2) is 0 Å². The molecule has 0 aromatic heterocycles. The van der Waals surface area contributed by atoms with E-state index in [1.165, 1.54) is 0 Å². The predicted molar refractivity (Wildman–Crippen MR) is 76.3 cm³/mol. The molecule has 2 heteroatoms. The fraction of sp³-hybridized carbons (Fsp3) is 1.00. The van der Waals surface area contributed by atoms with Crippen molar-refractivity contribution >= 4 is 0 Å². The summed E-state index contributed by atoms with van der Waals surface area (Å²) in [7, 11) is 0. The van der Waals surface area contributed by atoms with E-state index in [2.05, 4.69) is 53.4 Å². The number of aliphatic hydroxyl groups is 1. The summed E-state index contributed by atoms with van der Waals surface area (Å²) < 4.78 is 0. The Morgan fingerprint density at radius 3 is 1.76 bits per heavy atom. The van der Waals surface area contributed by atoms with Crippen molar-refractivity contribution in [3.63, 3.8) is 0 Å². The molecule has 0 aromatic rings. The van der Waals surface area contributed by atoms with Crippen molar-refractivity contribution in [3.8, 4) is 0 Å². The Hall–Kier alpha value is -0.0800. The van der Waals surface area contributed by atoms with Crippen molar-refractivity contribution in [3.05, 3.63) is 0 Å². The molecule has 0 heterocycles. The summed E-state index contributed by atoms with van der Waals surface area (Å²) in [6.07, 6.45) is 2.74. The lowest BCUT2D eigenvalue weighted by Crippen LogP contribution is -2.54. The Bertz CT molecular complexity index is 205. The Morgan fingerprint density at radius 1 is 1.00 bits per heavy atom. The number of rotatable bonds is 7. The maximum atomic E-state index is 10.5. The van der Waals surface area contributed by atoms with Crippen LogP contribution in [-0.4, -0.2) is 34.7 Å². The van der Waals surface area contributed by atoms with Gasteiger partial charge < -0.3 is 5.11 Å². The van der Waals surface area contributed by atoms with Crippen LogP contribution in [0.4, 0.5) is 0 Å². The maximum absolute atomic E-state index is 10.5. The number of aliphatic hydroxyl groups excluding tert-OH is 1. The van der Waals surface area contributed by atoms with Gasteiger partial charge in [-0.2, -0.15) is 0 Å². The van der Waals surface area contributed by atoms with Gasteiger partial charge in [0.2, 0.25) is 0 Å². The lowest BCUT2D eigenvalue weighted by Gasteiger charge is -2.44. The van der Waals surface area contributed by atoms with Crippen LogP contribution < -0.4 is 0 Å². The van der Waals surface area contributed by atoms with Crippen LogP contribution in [0.1, 0.15) is 67.7 Å². The largest absolute Gasteiger partial charge is 0.391 e. The Labute approximate surface area is 108 Å². The Morgan fingerprint density at radius 2 is 1.47 bits per heavy atom. The van der Waals surface area contributed by atoms with Crippen LogP contribution in [0.3, 0.4) is 0 Å². The zero-order valence-corrected chi connectivity index (χ0v) is 13.0. The molecule has 17 heavy (non-hydrogen) atoms. The van der Waals surface area contributed by atoms with Gasteiger partial charge in [0.1, 0.15) is 0 Å². The van der Waals surface area contributed by atoms with Crippen LogP contribution in [0.2, 0.25) is 0 Å². The molecule has 0 radical (unpaired) electrons. The van der Waals surface area contributed by atoms with Gasteiger partial charge in [0, 0.05) is 5.54 Å². The first-order valence-corrected chi connectivity index (χ1v) is 7.14. The first-order valence-electron chi connectivity index (χ1n) is 7.14. The number of nitrogens with zero attached hydrogens (tertiary/aromatic N) is 1. The summed E-state index contributed by atoms with van der Waals surface area (Å²) in [4.78, 5) is 2.39. The van der Waals surface area contributed by atoms with Crippen LogP contribution in [0.15, 0.2) is 0 Å². The van der Waals surface area contributed by atoms with E-state index >= 15 is 0 Å². The fourth-order valence-corrected chi connectivity index (χ4v) is 2.50. The van der Waals surface area contributed by atoms with E-state index in [-0.39, 0.29) is 11.6 Å². The highest BCUT2D eigenvalue weighted by atomic mass is 16.3. The highest BCUT2D eigenvalue weighted by molar-refractivity contribution is 4.91. The maximum Gasteiger partial charge on any atom is 0.0721 e. The second-order valence-electron chi connectivity index (χ2n) is 6.50. The van der Waals surface area contributed by atoms with Crippen LogP contribution in [0.25, 0.3) is 0 Å². The van der Waals surface area contributed by atoms with Crippen LogP contribution in [-0.2, 0) is 0 Å².